The predicted octanol–water partition coefficient (Wildman–Crippen LogP) is 4.07. The quantitative estimate of drug-likeness (QED) is 0.663. The average Bonchev–Trinajstić information content (AvgIpc) is 2.81. The molecule has 1 aliphatic heterocycles. The maximum atomic E-state index is 13.1. The molecule has 4 rings (SSSR count). The Morgan fingerprint density at radius 1 is 0.897 bits per heavy atom. The molecule has 0 N–H and O–H groups in total. The summed E-state index contributed by atoms with van der Waals surface area (Å²) in [6.45, 7) is 6.27. The fourth-order valence-corrected chi connectivity index (χ4v) is 3.76. The SMILES string of the molecule is CCN(C(=O)c1ccnc(N2CCN(c3ccccc3)CC2)c1)c1ccccc1. The van der Waals surface area contributed by atoms with E-state index in [0.29, 0.717) is 12.1 Å². The van der Waals surface area contributed by atoms with Crippen LogP contribution in [0, 0.1) is 0 Å². The van der Waals surface area contributed by atoms with E-state index in [9.17, 15) is 4.79 Å². The highest BCUT2D eigenvalue weighted by Crippen LogP contribution is 2.21. The van der Waals surface area contributed by atoms with Crippen molar-refractivity contribution in [2.75, 3.05) is 47.4 Å². The molecule has 3 aromatic rings. The van der Waals surface area contributed by atoms with Gasteiger partial charge in [0.2, 0.25) is 0 Å². The number of aromatic nitrogens is 1. The molecule has 0 aliphatic carbocycles. The zero-order valence-electron chi connectivity index (χ0n) is 16.7. The Labute approximate surface area is 172 Å². The van der Waals surface area contributed by atoms with Crippen molar-refractivity contribution in [3.63, 3.8) is 0 Å². The molecule has 5 heteroatoms. The smallest absolute Gasteiger partial charge is 0.258 e. The van der Waals surface area contributed by atoms with Crippen LogP contribution in [-0.4, -0.2) is 43.6 Å². The fourth-order valence-electron chi connectivity index (χ4n) is 3.76. The molecule has 0 radical (unpaired) electrons. The number of para-hydroxylation sites is 2. The van der Waals surface area contributed by atoms with E-state index in [2.05, 4.69) is 39.0 Å². The molecule has 0 spiro atoms. The van der Waals surface area contributed by atoms with Crippen LogP contribution in [0.25, 0.3) is 0 Å². The van der Waals surface area contributed by atoms with Crippen molar-refractivity contribution in [2.45, 2.75) is 6.92 Å². The van der Waals surface area contributed by atoms with E-state index in [1.54, 1.807) is 17.2 Å². The number of benzene rings is 2. The van der Waals surface area contributed by atoms with Gasteiger partial charge >= 0.3 is 0 Å². The van der Waals surface area contributed by atoms with Crippen molar-refractivity contribution in [3.8, 4) is 0 Å². The molecule has 1 aromatic heterocycles. The van der Waals surface area contributed by atoms with Gasteiger partial charge < -0.3 is 14.7 Å². The first-order valence-corrected chi connectivity index (χ1v) is 10.1. The van der Waals surface area contributed by atoms with E-state index in [1.165, 1.54) is 5.69 Å². The van der Waals surface area contributed by atoms with E-state index in [0.717, 1.165) is 37.7 Å². The highest BCUT2D eigenvalue weighted by atomic mass is 16.2. The molecule has 1 saturated heterocycles. The van der Waals surface area contributed by atoms with Crippen LogP contribution in [0.15, 0.2) is 79.0 Å². The second-order valence-corrected chi connectivity index (χ2v) is 7.10. The Bertz CT molecular complexity index is 937. The van der Waals surface area contributed by atoms with Crippen molar-refractivity contribution >= 4 is 23.1 Å². The number of amides is 1. The highest BCUT2D eigenvalue weighted by Gasteiger charge is 2.21. The maximum absolute atomic E-state index is 13.1. The fraction of sp³-hybridized carbons (Fsp3) is 0.250. The minimum absolute atomic E-state index is 0.00488. The van der Waals surface area contributed by atoms with Gasteiger partial charge in [-0.15, -0.1) is 0 Å². The maximum Gasteiger partial charge on any atom is 0.258 e. The molecule has 1 amide bonds. The number of hydrogen-bond acceptors (Lipinski definition) is 4. The summed E-state index contributed by atoms with van der Waals surface area (Å²) in [6.07, 6.45) is 1.74. The largest absolute Gasteiger partial charge is 0.368 e. The second-order valence-electron chi connectivity index (χ2n) is 7.10. The Morgan fingerprint density at radius 3 is 2.17 bits per heavy atom. The van der Waals surface area contributed by atoms with E-state index in [4.69, 9.17) is 0 Å². The van der Waals surface area contributed by atoms with Crippen LogP contribution in [0.5, 0.6) is 0 Å². The van der Waals surface area contributed by atoms with E-state index in [1.807, 2.05) is 49.4 Å². The molecule has 0 saturated carbocycles. The van der Waals surface area contributed by atoms with Gasteiger partial charge in [0.05, 0.1) is 0 Å². The van der Waals surface area contributed by atoms with Crippen LogP contribution >= 0.6 is 0 Å². The molecule has 2 aromatic carbocycles. The first-order valence-electron chi connectivity index (χ1n) is 10.1. The number of pyridine rings is 1. The number of anilines is 3. The summed E-state index contributed by atoms with van der Waals surface area (Å²) in [5.74, 6) is 0.873. The number of carbonyl (C=O) groups excluding carboxylic acids is 1. The highest BCUT2D eigenvalue weighted by molar-refractivity contribution is 6.06. The van der Waals surface area contributed by atoms with Gasteiger partial charge in [0.25, 0.3) is 5.91 Å². The summed E-state index contributed by atoms with van der Waals surface area (Å²) in [6, 6.07) is 24.0. The first kappa shape index (κ1) is 19.0. The van der Waals surface area contributed by atoms with Gasteiger partial charge in [-0.05, 0) is 43.3 Å². The molecule has 1 fully saturated rings. The number of carbonyl (C=O) groups is 1. The first-order chi connectivity index (χ1) is 14.3. The minimum atomic E-state index is 0.00488. The second kappa shape index (κ2) is 8.78. The van der Waals surface area contributed by atoms with Crippen molar-refractivity contribution in [3.05, 3.63) is 84.6 Å². The standard InChI is InChI=1S/C24H26N4O/c1-2-28(22-11-7-4-8-12-22)24(29)20-13-14-25-23(19-20)27-17-15-26(16-18-27)21-9-5-3-6-10-21/h3-14,19H,2,15-18H2,1H3. The third kappa shape index (κ3) is 4.24. The summed E-state index contributed by atoms with van der Waals surface area (Å²) >= 11 is 0. The molecule has 2 heterocycles. The molecular formula is C24H26N4O. The zero-order chi connectivity index (χ0) is 20.1. The van der Waals surface area contributed by atoms with E-state index < -0.39 is 0 Å². The van der Waals surface area contributed by atoms with Crippen LogP contribution in [-0.2, 0) is 0 Å². The minimum Gasteiger partial charge on any atom is -0.368 e. The number of nitrogens with zero attached hydrogens (tertiary/aromatic N) is 4. The number of piperazine rings is 1. The van der Waals surface area contributed by atoms with Crippen LogP contribution in [0.4, 0.5) is 17.2 Å². The number of rotatable bonds is 5. The van der Waals surface area contributed by atoms with Crippen LogP contribution in [0.2, 0.25) is 0 Å². The lowest BCUT2D eigenvalue weighted by atomic mass is 10.2. The van der Waals surface area contributed by atoms with Gasteiger partial charge in [0, 0.05) is 55.9 Å². The molecule has 29 heavy (non-hydrogen) atoms. The van der Waals surface area contributed by atoms with Crippen LogP contribution < -0.4 is 14.7 Å². The Kier molecular flexibility index (Phi) is 5.75. The molecule has 5 nitrogen and oxygen atoms in total. The van der Waals surface area contributed by atoms with Crippen molar-refractivity contribution in [1.29, 1.82) is 0 Å². The third-order valence-corrected chi connectivity index (χ3v) is 5.35. The average molecular weight is 386 g/mol. The summed E-state index contributed by atoms with van der Waals surface area (Å²) < 4.78 is 0. The lowest BCUT2D eigenvalue weighted by molar-refractivity contribution is 0.0988. The molecule has 0 unspecified atom stereocenters. The summed E-state index contributed by atoms with van der Waals surface area (Å²) in [4.78, 5) is 24.1. The predicted molar refractivity (Wildman–Crippen MR) is 119 cm³/mol. The molecule has 0 atom stereocenters. The van der Waals surface area contributed by atoms with Crippen molar-refractivity contribution < 1.29 is 4.79 Å². The monoisotopic (exact) mass is 386 g/mol. The van der Waals surface area contributed by atoms with Gasteiger partial charge in [-0.2, -0.15) is 0 Å². The van der Waals surface area contributed by atoms with E-state index >= 15 is 0 Å². The molecule has 0 bridgehead atoms. The van der Waals surface area contributed by atoms with Gasteiger partial charge in [-0.3, -0.25) is 4.79 Å². The van der Waals surface area contributed by atoms with Crippen molar-refractivity contribution in [2.24, 2.45) is 0 Å². The Hall–Kier alpha value is -3.34. The Balaban J connectivity index is 1.47. The zero-order valence-corrected chi connectivity index (χ0v) is 16.7. The van der Waals surface area contributed by atoms with Gasteiger partial charge in [0.1, 0.15) is 5.82 Å². The molecule has 148 valence electrons. The van der Waals surface area contributed by atoms with Gasteiger partial charge in [-0.1, -0.05) is 36.4 Å². The summed E-state index contributed by atoms with van der Waals surface area (Å²) in [5.41, 5.74) is 2.84. The third-order valence-electron chi connectivity index (χ3n) is 5.35. The van der Waals surface area contributed by atoms with Crippen LogP contribution in [0.3, 0.4) is 0 Å². The summed E-state index contributed by atoms with van der Waals surface area (Å²) in [5, 5.41) is 0. The van der Waals surface area contributed by atoms with Gasteiger partial charge in [0.15, 0.2) is 0 Å². The van der Waals surface area contributed by atoms with Crippen molar-refractivity contribution in [1.82, 2.24) is 4.98 Å². The summed E-state index contributed by atoms with van der Waals surface area (Å²) in [7, 11) is 0. The Morgan fingerprint density at radius 2 is 1.52 bits per heavy atom. The molecular weight excluding hydrogens is 360 g/mol. The normalized spacial score (nSPS) is 14.0. The topological polar surface area (TPSA) is 39.7 Å². The van der Waals surface area contributed by atoms with E-state index in [-0.39, 0.29) is 5.91 Å². The lowest BCUT2D eigenvalue weighted by Crippen LogP contribution is -2.46. The van der Waals surface area contributed by atoms with Gasteiger partial charge in [-0.25, -0.2) is 4.98 Å². The molecule has 1 aliphatic rings. The number of hydrogen-bond donors (Lipinski definition) is 0. The van der Waals surface area contributed by atoms with Crippen LogP contribution in [0.1, 0.15) is 17.3 Å². The lowest BCUT2D eigenvalue weighted by Gasteiger charge is -2.36.